The zero-order chi connectivity index (χ0) is 13.2. The lowest BCUT2D eigenvalue weighted by molar-refractivity contribution is -0.135. The summed E-state index contributed by atoms with van der Waals surface area (Å²) >= 11 is 4.64. The standard InChI is InChI=1S/C11H16N2O2S3/c1-3-5-6-7-16-10-12-13-11(18-10)17-8-15-9(14)4-2/h4H,2-3,5-8H2,1H3. The van der Waals surface area contributed by atoms with Crippen LogP contribution in [0.4, 0.5) is 0 Å². The number of rotatable bonds is 9. The number of carbonyl (C=O) groups excluding carboxylic acids is 1. The summed E-state index contributed by atoms with van der Waals surface area (Å²) in [5, 5.41) is 8.11. The fourth-order valence-electron chi connectivity index (χ4n) is 1.02. The van der Waals surface area contributed by atoms with E-state index < -0.39 is 5.97 Å². The maximum absolute atomic E-state index is 10.8. The molecule has 1 aromatic rings. The molecule has 0 atom stereocenters. The molecule has 0 saturated carbocycles. The van der Waals surface area contributed by atoms with Crippen molar-refractivity contribution in [2.24, 2.45) is 0 Å². The van der Waals surface area contributed by atoms with Crippen LogP contribution in [0.2, 0.25) is 0 Å². The van der Waals surface area contributed by atoms with Gasteiger partial charge in [-0.25, -0.2) is 4.79 Å². The Hall–Kier alpha value is -0.530. The molecule has 0 aliphatic rings. The van der Waals surface area contributed by atoms with Crippen LogP contribution >= 0.6 is 34.9 Å². The van der Waals surface area contributed by atoms with Crippen LogP contribution in [0.5, 0.6) is 0 Å². The molecular weight excluding hydrogens is 288 g/mol. The van der Waals surface area contributed by atoms with Gasteiger partial charge in [-0.1, -0.05) is 61.2 Å². The van der Waals surface area contributed by atoms with Crippen LogP contribution in [0.15, 0.2) is 21.3 Å². The Labute approximate surface area is 120 Å². The number of hydrogen-bond donors (Lipinski definition) is 0. The summed E-state index contributed by atoms with van der Waals surface area (Å²) in [6.45, 7) is 5.52. The monoisotopic (exact) mass is 304 g/mol. The molecule has 18 heavy (non-hydrogen) atoms. The predicted molar refractivity (Wildman–Crippen MR) is 77.2 cm³/mol. The molecule has 0 amide bonds. The van der Waals surface area contributed by atoms with Gasteiger partial charge in [0, 0.05) is 11.8 Å². The van der Waals surface area contributed by atoms with Crippen molar-refractivity contribution in [3.63, 3.8) is 0 Å². The number of unbranched alkanes of at least 4 members (excludes halogenated alkanes) is 2. The van der Waals surface area contributed by atoms with Gasteiger partial charge in [0.1, 0.15) is 5.94 Å². The van der Waals surface area contributed by atoms with Gasteiger partial charge in [-0.05, 0) is 6.42 Å². The SMILES string of the molecule is C=CC(=O)OCSc1nnc(SCCCCC)s1. The summed E-state index contributed by atoms with van der Waals surface area (Å²) in [6, 6.07) is 0. The van der Waals surface area contributed by atoms with Crippen molar-refractivity contribution in [2.45, 2.75) is 34.9 Å². The lowest BCUT2D eigenvalue weighted by atomic mass is 10.3. The molecule has 1 heterocycles. The molecule has 0 saturated heterocycles. The van der Waals surface area contributed by atoms with Gasteiger partial charge in [-0.15, -0.1) is 10.2 Å². The number of carbonyl (C=O) groups is 1. The van der Waals surface area contributed by atoms with Crippen molar-refractivity contribution < 1.29 is 9.53 Å². The van der Waals surface area contributed by atoms with Gasteiger partial charge in [0.2, 0.25) is 0 Å². The lowest BCUT2D eigenvalue weighted by Crippen LogP contribution is -1.98. The number of nitrogens with zero attached hydrogens (tertiary/aromatic N) is 2. The summed E-state index contributed by atoms with van der Waals surface area (Å²) in [5.74, 6) is 0.916. The molecule has 7 heteroatoms. The summed E-state index contributed by atoms with van der Waals surface area (Å²) < 4.78 is 6.66. The average Bonchev–Trinajstić information content (AvgIpc) is 2.82. The van der Waals surface area contributed by atoms with E-state index >= 15 is 0 Å². The van der Waals surface area contributed by atoms with Crippen molar-refractivity contribution in [1.29, 1.82) is 0 Å². The van der Waals surface area contributed by atoms with E-state index in [0.29, 0.717) is 0 Å². The molecule has 1 aromatic heterocycles. The van der Waals surface area contributed by atoms with E-state index in [2.05, 4.69) is 23.7 Å². The van der Waals surface area contributed by atoms with Crippen LogP contribution < -0.4 is 0 Å². The van der Waals surface area contributed by atoms with Crippen molar-refractivity contribution in [2.75, 3.05) is 11.7 Å². The highest BCUT2D eigenvalue weighted by atomic mass is 32.2. The first-order chi connectivity index (χ1) is 8.76. The zero-order valence-electron chi connectivity index (χ0n) is 10.3. The minimum Gasteiger partial charge on any atom is -0.451 e. The highest BCUT2D eigenvalue weighted by Crippen LogP contribution is 2.29. The molecule has 0 fully saturated rings. The largest absolute Gasteiger partial charge is 0.451 e. The Balaban J connectivity index is 2.21. The lowest BCUT2D eigenvalue weighted by Gasteiger charge is -1.97. The molecule has 4 nitrogen and oxygen atoms in total. The molecule has 0 aliphatic carbocycles. The highest BCUT2D eigenvalue weighted by Gasteiger charge is 2.06. The molecule has 0 aliphatic heterocycles. The number of esters is 1. The van der Waals surface area contributed by atoms with E-state index in [1.165, 1.54) is 42.4 Å². The van der Waals surface area contributed by atoms with E-state index in [-0.39, 0.29) is 5.94 Å². The van der Waals surface area contributed by atoms with E-state index in [1.54, 1.807) is 11.8 Å². The number of ether oxygens (including phenoxy) is 1. The van der Waals surface area contributed by atoms with E-state index in [1.807, 2.05) is 0 Å². The smallest absolute Gasteiger partial charge is 0.330 e. The maximum atomic E-state index is 10.8. The third-order valence-electron chi connectivity index (χ3n) is 1.91. The predicted octanol–water partition coefficient (Wildman–Crippen LogP) is 3.60. The van der Waals surface area contributed by atoms with Crippen LogP contribution in [-0.4, -0.2) is 27.9 Å². The van der Waals surface area contributed by atoms with Gasteiger partial charge in [0.15, 0.2) is 8.68 Å². The second-order valence-electron chi connectivity index (χ2n) is 3.32. The molecule has 0 aromatic carbocycles. The van der Waals surface area contributed by atoms with Crippen molar-refractivity contribution in [1.82, 2.24) is 10.2 Å². The Morgan fingerprint density at radius 1 is 1.39 bits per heavy atom. The van der Waals surface area contributed by atoms with Crippen LogP contribution in [0.3, 0.4) is 0 Å². The van der Waals surface area contributed by atoms with Crippen LogP contribution in [0, 0.1) is 0 Å². The first-order valence-corrected chi connectivity index (χ1v) is 8.43. The maximum Gasteiger partial charge on any atom is 0.330 e. The zero-order valence-corrected chi connectivity index (χ0v) is 12.7. The average molecular weight is 304 g/mol. The molecule has 0 bridgehead atoms. The van der Waals surface area contributed by atoms with Gasteiger partial charge < -0.3 is 4.74 Å². The Bertz CT molecular complexity index is 382. The topological polar surface area (TPSA) is 52.1 Å². The molecule has 0 unspecified atom stereocenters. The molecular formula is C11H16N2O2S3. The highest BCUT2D eigenvalue weighted by molar-refractivity contribution is 8.03. The summed E-state index contributed by atoms with van der Waals surface area (Å²) in [4.78, 5) is 10.8. The first-order valence-electron chi connectivity index (χ1n) is 5.64. The van der Waals surface area contributed by atoms with Crippen molar-refractivity contribution >= 4 is 40.8 Å². The van der Waals surface area contributed by atoms with Crippen LogP contribution in [0.1, 0.15) is 26.2 Å². The molecule has 0 N–H and O–H groups in total. The Morgan fingerprint density at radius 3 is 2.78 bits per heavy atom. The van der Waals surface area contributed by atoms with Crippen molar-refractivity contribution in [3.8, 4) is 0 Å². The summed E-state index contributed by atoms with van der Waals surface area (Å²) in [5.41, 5.74) is 0. The Morgan fingerprint density at radius 2 is 2.11 bits per heavy atom. The number of thioether (sulfide) groups is 2. The van der Waals surface area contributed by atoms with Gasteiger partial charge >= 0.3 is 5.97 Å². The third kappa shape index (κ3) is 6.42. The molecule has 100 valence electrons. The van der Waals surface area contributed by atoms with E-state index in [9.17, 15) is 4.79 Å². The van der Waals surface area contributed by atoms with Crippen LogP contribution in [-0.2, 0) is 9.53 Å². The number of aromatic nitrogens is 2. The first kappa shape index (κ1) is 15.5. The van der Waals surface area contributed by atoms with Gasteiger partial charge in [-0.3, -0.25) is 0 Å². The van der Waals surface area contributed by atoms with Gasteiger partial charge in [0.25, 0.3) is 0 Å². The quantitative estimate of drug-likeness (QED) is 0.228. The fraction of sp³-hybridized carbons (Fsp3) is 0.545. The molecule has 0 radical (unpaired) electrons. The number of hydrogen-bond acceptors (Lipinski definition) is 7. The van der Waals surface area contributed by atoms with E-state index in [4.69, 9.17) is 4.74 Å². The summed E-state index contributed by atoms with van der Waals surface area (Å²) in [6.07, 6.45) is 4.84. The Kier molecular flexibility index (Phi) is 8.11. The third-order valence-corrected chi connectivity index (χ3v) is 5.02. The molecule has 1 rings (SSSR count). The van der Waals surface area contributed by atoms with E-state index in [0.717, 1.165) is 20.5 Å². The van der Waals surface area contributed by atoms with Crippen LogP contribution in [0.25, 0.3) is 0 Å². The second kappa shape index (κ2) is 9.41. The minimum absolute atomic E-state index is 0.250. The summed E-state index contributed by atoms with van der Waals surface area (Å²) in [7, 11) is 0. The normalized spacial score (nSPS) is 10.3. The van der Waals surface area contributed by atoms with Crippen molar-refractivity contribution in [3.05, 3.63) is 12.7 Å². The molecule has 0 spiro atoms. The van der Waals surface area contributed by atoms with Gasteiger partial charge in [0.05, 0.1) is 0 Å². The second-order valence-corrected chi connectivity index (χ2v) is 6.81. The fourth-order valence-corrected chi connectivity index (χ4v) is 3.83. The minimum atomic E-state index is -0.416. The van der Waals surface area contributed by atoms with Gasteiger partial charge in [-0.2, -0.15) is 0 Å².